The van der Waals surface area contributed by atoms with E-state index >= 15 is 0 Å². The van der Waals surface area contributed by atoms with Crippen LogP contribution in [0, 0.1) is 27.7 Å². The molecule has 0 aliphatic heterocycles. The summed E-state index contributed by atoms with van der Waals surface area (Å²) < 4.78 is 25.9. The first kappa shape index (κ1) is 22.9. The summed E-state index contributed by atoms with van der Waals surface area (Å²) in [5.74, 6) is -0.0778. The summed E-state index contributed by atoms with van der Waals surface area (Å²) in [4.78, 5) is 12.4. The van der Waals surface area contributed by atoms with Crippen molar-refractivity contribution < 1.29 is 13.2 Å². The van der Waals surface area contributed by atoms with Crippen LogP contribution < -0.4 is 9.62 Å². The first-order valence-electron chi connectivity index (χ1n) is 9.90. The Morgan fingerprint density at radius 3 is 2.28 bits per heavy atom. The van der Waals surface area contributed by atoms with Gasteiger partial charge in [0.2, 0.25) is 15.9 Å². The summed E-state index contributed by atoms with van der Waals surface area (Å²) >= 11 is 0. The molecule has 0 bridgehead atoms. The van der Waals surface area contributed by atoms with Crippen molar-refractivity contribution >= 4 is 21.6 Å². The van der Waals surface area contributed by atoms with Crippen LogP contribution in [0.1, 0.15) is 53.6 Å². The van der Waals surface area contributed by atoms with Crippen LogP contribution in [0.2, 0.25) is 0 Å². The second kappa shape index (κ2) is 9.44. The summed E-state index contributed by atoms with van der Waals surface area (Å²) in [7, 11) is -3.42. The number of carbonyl (C=O) groups excluding carboxylic acids is 1. The monoisotopic (exact) mass is 416 g/mol. The van der Waals surface area contributed by atoms with Gasteiger partial charge >= 0.3 is 0 Å². The summed E-state index contributed by atoms with van der Waals surface area (Å²) in [5.41, 5.74) is 6.22. The Labute approximate surface area is 175 Å². The number of aryl methyl sites for hydroxylation is 4. The van der Waals surface area contributed by atoms with Crippen molar-refractivity contribution in [1.82, 2.24) is 5.32 Å². The molecule has 0 heterocycles. The molecule has 0 aromatic heterocycles. The molecule has 0 saturated heterocycles. The largest absolute Gasteiger partial charge is 0.350 e. The van der Waals surface area contributed by atoms with E-state index in [-0.39, 0.29) is 24.9 Å². The predicted molar refractivity (Wildman–Crippen MR) is 120 cm³/mol. The number of nitrogens with one attached hydrogen (secondary N) is 1. The Kier molecular flexibility index (Phi) is 7.47. The molecule has 0 spiro atoms. The highest BCUT2D eigenvalue weighted by Gasteiger charge is 2.18. The number of hydrogen-bond donors (Lipinski definition) is 1. The molecule has 2 aromatic carbocycles. The third kappa shape index (κ3) is 6.32. The standard InChI is InChI=1S/C23H32N2O3S/c1-16-9-12-22(19(4)14-16)20(5)24-23(26)8-7-13-25(29(6,27)28)21-11-10-17(2)18(3)15-21/h9-12,14-15,20H,7-8,13H2,1-6H3,(H,24,26). The highest BCUT2D eigenvalue weighted by Crippen LogP contribution is 2.22. The normalized spacial score (nSPS) is 12.5. The minimum atomic E-state index is -3.42. The predicted octanol–water partition coefficient (Wildman–Crippen LogP) is 4.34. The van der Waals surface area contributed by atoms with Crippen LogP contribution in [0.3, 0.4) is 0 Å². The molecule has 2 rings (SSSR count). The van der Waals surface area contributed by atoms with E-state index in [2.05, 4.69) is 11.4 Å². The quantitative estimate of drug-likeness (QED) is 0.696. The van der Waals surface area contributed by atoms with Gasteiger partial charge in [-0.1, -0.05) is 29.8 Å². The molecule has 1 amide bonds. The average Bonchev–Trinajstić information content (AvgIpc) is 2.60. The molecule has 0 radical (unpaired) electrons. The van der Waals surface area contributed by atoms with Gasteiger partial charge in [0.05, 0.1) is 18.0 Å². The smallest absolute Gasteiger partial charge is 0.232 e. The van der Waals surface area contributed by atoms with Gasteiger partial charge < -0.3 is 5.32 Å². The molecular weight excluding hydrogens is 384 g/mol. The molecule has 29 heavy (non-hydrogen) atoms. The number of rotatable bonds is 8. The Morgan fingerprint density at radius 2 is 1.69 bits per heavy atom. The average molecular weight is 417 g/mol. The van der Waals surface area contributed by atoms with E-state index in [1.54, 1.807) is 0 Å². The van der Waals surface area contributed by atoms with Crippen LogP contribution in [-0.4, -0.2) is 27.1 Å². The first-order chi connectivity index (χ1) is 13.5. The zero-order valence-electron chi connectivity index (χ0n) is 18.2. The minimum Gasteiger partial charge on any atom is -0.350 e. The van der Waals surface area contributed by atoms with Crippen molar-refractivity contribution in [2.45, 2.75) is 53.5 Å². The third-order valence-corrected chi connectivity index (χ3v) is 6.41. The fourth-order valence-electron chi connectivity index (χ4n) is 3.45. The van der Waals surface area contributed by atoms with Crippen molar-refractivity contribution in [3.8, 4) is 0 Å². The lowest BCUT2D eigenvalue weighted by Crippen LogP contribution is -2.32. The Balaban J connectivity index is 1.98. The SMILES string of the molecule is Cc1ccc(C(C)NC(=O)CCCN(c2ccc(C)c(C)c2)S(C)(=O)=O)c(C)c1. The van der Waals surface area contributed by atoms with Crippen LogP contribution in [0.15, 0.2) is 36.4 Å². The molecule has 6 heteroatoms. The lowest BCUT2D eigenvalue weighted by molar-refractivity contribution is -0.121. The van der Waals surface area contributed by atoms with E-state index in [4.69, 9.17) is 0 Å². The van der Waals surface area contributed by atoms with Crippen molar-refractivity contribution in [2.24, 2.45) is 0 Å². The van der Waals surface area contributed by atoms with Crippen molar-refractivity contribution in [3.63, 3.8) is 0 Å². The summed E-state index contributed by atoms with van der Waals surface area (Å²) in [6, 6.07) is 11.7. The fourth-order valence-corrected chi connectivity index (χ4v) is 4.41. The van der Waals surface area contributed by atoms with Crippen LogP contribution in [0.5, 0.6) is 0 Å². The number of benzene rings is 2. The van der Waals surface area contributed by atoms with Crippen molar-refractivity contribution in [3.05, 3.63) is 64.2 Å². The number of anilines is 1. The van der Waals surface area contributed by atoms with Gasteiger partial charge in [-0.05, 0) is 75.4 Å². The zero-order chi connectivity index (χ0) is 21.8. The number of nitrogens with zero attached hydrogens (tertiary/aromatic N) is 1. The lowest BCUT2D eigenvalue weighted by atomic mass is 10.00. The van der Waals surface area contributed by atoms with Crippen LogP contribution in [-0.2, 0) is 14.8 Å². The second-order valence-electron chi connectivity index (χ2n) is 7.86. The molecule has 1 N–H and O–H groups in total. The van der Waals surface area contributed by atoms with Crippen molar-refractivity contribution in [2.75, 3.05) is 17.1 Å². The zero-order valence-corrected chi connectivity index (χ0v) is 19.1. The van der Waals surface area contributed by atoms with Gasteiger partial charge in [-0.3, -0.25) is 9.10 Å². The lowest BCUT2D eigenvalue weighted by Gasteiger charge is -2.23. The van der Waals surface area contributed by atoms with Crippen LogP contribution in [0.25, 0.3) is 0 Å². The van der Waals surface area contributed by atoms with E-state index in [1.807, 2.05) is 65.0 Å². The molecule has 1 unspecified atom stereocenters. The van der Waals surface area contributed by atoms with Crippen LogP contribution >= 0.6 is 0 Å². The number of sulfonamides is 1. The Bertz CT molecular complexity index is 984. The molecular formula is C23H32N2O3S. The Hall–Kier alpha value is -2.34. The highest BCUT2D eigenvalue weighted by molar-refractivity contribution is 7.92. The molecule has 0 saturated carbocycles. The van der Waals surface area contributed by atoms with Gasteiger partial charge in [0.25, 0.3) is 0 Å². The molecule has 158 valence electrons. The highest BCUT2D eigenvalue weighted by atomic mass is 32.2. The van der Waals surface area contributed by atoms with Gasteiger partial charge in [0, 0.05) is 13.0 Å². The summed E-state index contributed by atoms with van der Waals surface area (Å²) in [5, 5.41) is 3.02. The van der Waals surface area contributed by atoms with Gasteiger partial charge in [-0.25, -0.2) is 8.42 Å². The van der Waals surface area contributed by atoms with E-state index in [1.165, 1.54) is 16.1 Å². The summed E-state index contributed by atoms with van der Waals surface area (Å²) in [6.07, 6.45) is 1.92. The van der Waals surface area contributed by atoms with Gasteiger partial charge in [0.15, 0.2) is 0 Å². The van der Waals surface area contributed by atoms with E-state index < -0.39 is 10.0 Å². The molecule has 0 aliphatic rings. The van der Waals surface area contributed by atoms with E-state index in [0.29, 0.717) is 12.1 Å². The maximum Gasteiger partial charge on any atom is 0.232 e. The first-order valence-corrected chi connectivity index (χ1v) is 11.8. The molecule has 1 atom stereocenters. The number of hydrogen-bond acceptors (Lipinski definition) is 3. The second-order valence-corrected chi connectivity index (χ2v) is 9.76. The van der Waals surface area contributed by atoms with Crippen LogP contribution in [0.4, 0.5) is 5.69 Å². The van der Waals surface area contributed by atoms with E-state index in [9.17, 15) is 13.2 Å². The minimum absolute atomic E-state index is 0.0778. The maximum atomic E-state index is 12.4. The number of carbonyl (C=O) groups is 1. The topological polar surface area (TPSA) is 66.5 Å². The molecule has 0 fully saturated rings. The number of amides is 1. The maximum absolute atomic E-state index is 12.4. The van der Waals surface area contributed by atoms with Gasteiger partial charge in [0.1, 0.15) is 0 Å². The van der Waals surface area contributed by atoms with Gasteiger partial charge in [-0.2, -0.15) is 0 Å². The van der Waals surface area contributed by atoms with Crippen molar-refractivity contribution in [1.29, 1.82) is 0 Å². The van der Waals surface area contributed by atoms with Gasteiger partial charge in [-0.15, -0.1) is 0 Å². The fraction of sp³-hybridized carbons (Fsp3) is 0.435. The molecule has 2 aromatic rings. The Morgan fingerprint density at radius 1 is 1.00 bits per heavy atom. The van der Waals surface area contributed by atoms with E-state index in [0.717, 1.165) is 22.3 Å². The third-order valence-electron chi connectivity index (χ3n) is 5.21. The summed E-state index contributed by atoms with van der Waals surface area (Å²) in [6.45, 7) is 10.3. The molecule has 5 nitrogen and oxygen atoms in total. The molecule has 0 aliphatic carbocycles.